The Balaban J connectivity index is 1.77. The molecule has 0 heterocycles. The smallest absolute Gasteiger partial charge is 0.0340 e. The van der Waals surface area contributed by atoms with E-state index in [1.165, 1.54) is 29.8 Å². The fraction of sp³-hybridized carbons (Fsp3) is 0.500. The molecule has 0 radical (unpaired) electrons. The first kappa shape index (κ1) is 9.91. The van der Waals surface area contributed by atoms with Crippen LogP contribution >= 0.6 is 11.8 Å². The zero-order chi connectivity index (χ0) is 9.80. The van der Waals surface area contributed by atoms with E-state index in [0.717, 1.165) is 12.5 Å². The molecule has 0 amide bonds. The molecular formula is C12H17NS. The number of anilines is 1. The molecule has 0 aliphatic heterocycles. The van der Waals surface area contributed by atoms with Crippen LogP contribution in [0.3, 0.4) is 0 Å². The third-order valence-electron chi connectivity index (χ3n) is 2.67. The van der Waals surface area contributed by atoms with Gasteiger partial charge in [0.15, 0.2) is 0 Å². The van der Waals surface area contributed by atoms with Crippen molar-refractivity contribution < 1.29 is 0 Å². The number of hydrogen-bond acceptors (Lipinski definition) is 2. The lowest BCUT2D eigenvalue weighted by molar-refractivity contribution is 0.760. The maximum atomic E-state index is 3.46. The minimum absolute atomic E-state index is 1.02. The molecule has 0 aromatic heterocycles. The third kappa shape index (κ3) is 2.95. The van der Waals surface area contributed by atoms with Gasteiger partial charge in [0.25, 0.3) is 0 Å². The molecule has 1 fully saturated rings. The SMILES string of the molecule is CSc1ccc(NCCC2CC2)cc1. The van der Waals surface area contributed by atoms with Gasteiger partial charge in [0.1, 0.15) is 0 Å². The average Bonchev–Trinajstić information content (AvgIpc) is 3.03. The van der Waals surface area contributed by atoms with Crippen LogP contribution in [0.4, 0.5) is 5.69 Å². The van der Waals surface area contributed by atoms with E-state index in [1.807, 2.05) is 0 Å². The third-order valence-corrected chi connectivity index (χ3v) is 3.41. The van der Waals surface area contributed by atoms with E-state index in [-0.39, 0.29) is 0 Å². The number of rotatable bonds is 5. The number of hydrogen-bond donors (Lipinski definition) is 1. The first-order chi connectivity index (χ1) is 6.88. The van der Waals surface area contributed by atoms with Gasteiger partial charge < -0.3 is 5.32 Å². The molecule has 0 atom stereocenters. The van der Waals surface area contributed by atoms with E-state index in [0.29, 0.717) is 0 Å². The van der Waals surface area contributed by atoms with Crippen molar-refractivity contribution in [1.29, 1.82) is 0 Å². The van der Waals surface area contributed by atoms with Crippen molar-refractivity contribution in [3.05, 3.63) is 24.3 Å². The molecular weight excluding hydrogens is 190 g/mol. The topological polar surface area (TPSA) is 12.0 Å². The highest BCUT2D eigenvalue weighted by atomic mass is 32.2. The van der Waals surface area contributed by atoms with Crippen LogP contribution in [0.25, 0.3) is 0 Å². The summed E-state index contributed by atoms with van der Waals surface area (Å²) in [5, 5.41) is 3.46. The molecule has 1 aromatic carbocycles. The molecule has 14 heavy (non-hydrogen) atoms. The highest BCUT2D eigenvalue weighted by Gasteiger charge is 2.19. The summed E-state index contributed by atoms with van der Waals surface area (Å²) in [7, 11) is 0. The standard InChI is InChI=1S/C12H17NS/c1-14-12-6-4-11(5-7-12)13-9-8-10-2-3-10/h4-7,10,13H,2-3,8-9H2,1H3. The maximum absolute atomic E-state index is 3.46. The van der Waals surface area contributed by atoms with Crippen molar-refractivity contribution in [2.75, 3.05) is 18.1 Å². The monoisotopic (exact) mass is 207 g/mol. The van der Waals surface area contributed by atoms with E-state index < -0.39 is 0 Å². The minimum Gasteiger partial charge on any atom is -0.385 e. The quantitative estimate of drug-likeness (QED) is 0.740. The number of nitrogens with one attached hydrogen (secondary N) is 1. The summed E-state index contributed by atoms with van der Waals surface area (Å²) < 4.78 is 0. The Kier molecular flexibility index (Phi) is 3.35. The van der Waals surface area contributed by atoms with Crippen LogP contribution in [0.2, 0.25) is 0 Å². The molecule has 0 saturated heterocycles. The van der Waals surface area contributed by atoms with E-state index in [9.17, 15) is 0 Å². The second-order valence-electron chi connectivity index (χ2n) is 3.89. The molecule has 1 aromatic rings. The van der Waals surface area contributed by atoms with Gasteiger partial charge in [-0.3, -0.25) is 0 Å². The van der Waals surface area contributed by atoms with Crippen molar-refractivity contribution in [3.63, 3.8) is 0 Å². The Hall–Kier alpha value is -0.630. The lowest BCUT2D eigenvalue weighted by atomic mass is 10.2. The molecule has 1 aliphatic carbocycles. The molecule has 2 rings (SSSR count). The highest BCUT2D eigenvalue weighted by Crippen LogP contribution is 2.32. The minimum atomic E-state index is 1.02. The van der Waals surface area contributed by atoms with Gasteiger partial charge in [-0.05, 0) is 42.9 Å². The average molecular weight is 207 g/mol. The molecule has 1 N–H and O–H groups in total. The Labute approximate surface area is 90.3 Å². The molecule has 2 heteroatoms. The van der Waals surface area contributed by atoms with Gasteiger partial charge in [-0.1, -0.05) is 12.8 Å². The van der Waals surface area contributed by atoms with E-state index in [2.05, 4.69) is 35.8 Å². The highest BCUT2D eigenvalue weighted by molar-refractivity contribution is 7.98. The molecule has 76 valence electrons. The normalized spacial score (nSPS) is 15.5. The summed E-state index contributed by atoms with van der Waals surface area (Å²) in [6, 6.07) is 8.67. The fourth-order valence-electron chi connectivity index (χ4n) is 1.54. The van der Waals surface area contributed by atoms with Crippen molar-refractivity contribution in [1.82, 2.24) is 0 Å². The van der Waals surface area contributed by atoms with Gasteiger partial charge in [-0.25, -0.2) is 0 Å². The van der Waals surface area contributed by atoms with Crippen LogP contribution in [-0.2, 0) is 0 Å². The molecule has 1 aliphatic rings. The summed E-state index contributed by atoms with van der Waals surface area (Å²) in [5.41, 5.74) is 1.25. The zero-order valence-corrected chi connectivity index (χ0v) is 9.44. The number of benzene rings is 1. The van der Waals surface area contributed by atoms with Crippen LogP contribution < -0.4 is 5.32 Å². The van der Waals surface area contributed by atoms with Crippen molar-refractivity contribution in [2.24, 2.45) is 5.92 Å². The summed E-state index contributed by atoms with van der Waals surface area (Å²) in [5.74, 6) is 1.02. The van der Waals surface area contributed by atoms with Crippen molar-refractivity contribution >= 4 is 17.4 Å². The molecule has 1 nitrogen and oxygen atoms in total. The van der Waals surface area contributed by atoms with Crippen molar-refractivity contribution in [3.8, 4) is 0 Å². The zero-order valence-electron chi connectivity index (χ0n) is 8.62. The lowest BCUT2D eigenvalue weighted by Gasteiger charge is -2.05. The lowest BCUT2D eigenvalue weighted by Crippen LogP contribution is -2.01. The fourth-order valence-corrected chi connectivity index (χ4v) is 1.94. The molecule has 1 saturated carbocycles. The largest absolute Gasteiger partial charge is 0.385 e. The van der Waals surface area contributed by atoms with Crippen LogP contribution in [0, 0.1) is 5.92 Å². The Morgan fingerprint density at radius 2 is 2.00 bits per heavy atom. The van der Waals surface area contributed by atoms with Crippen molar-refractivity contribution in [2.45, 2.75) is 24.2 Å². The van der Waals surface area contributed by atoms with Gasteiger partial charge in [0, 0.05) is 17.1 Å². The van der Waals surface area contributed by atoms with Crippen LogP contribution in [0.15, 0.2) is 29.2 Å². The van der Waals surface area contributed by atoms with Gasteiger partial charge in [0.2, 0.25) is 0 Å². The Morgan fingerprint density at radius 1 is 1.29 bits per heavy atom. The molecule has 0 bridgehead atoms. The number of thioether (sulfide) groups is 1. The van der Waals surface area contributed by atoms with Gasteiger partial charge in [0.05, 0.1) is 0 Å². The second-order valence-corrected chi connectivity index (χ2v) is 4.77. The Morgan fingerprint density at radius 3 is 2.57 bits per heavy atom. The summed E-state index contributed by atoms with van der Waals surface area (Å²) in [4.78, 5) is 1.33. The van der Waals surface area contributed by atoms with Crippen LogP contribution in [0.1, 0.15) is 19.3 Å². The second kappa shape index (κ2) is 4.74. The summed E-state index contributed by atoms with van der Waals surface area (Å²) in [6.07, 6.45) is 6.35. The molecule has 0 unspecified atom stereocenters. The van der Waals surface area contributed by atoms with Gasteiger partial charge in [-0.15, -0.1) is 11.8 Å². The summed E-state index contributed by atoms with van der Waals surface area (Å²) >= 11 is 1.79. The Bertz CT molecular complexity index is 277. The van der Waals surface area contributed by atoms with E-state index in [4.69, 9.17) is 0 Å². The van der Waals surface area contributed by atoms with E-state index >= 15 is 0 Å². The van der Waals surface area contributed by atoms with Crippen LogP contribution in [-0.4, -0.2) is 12.8 Å². The first-order valence-electron chi connectivity index (χ1n) is 5.26. The summed E-state index contributed by atoms with van der Waals surface area (Å²) in [6.45, 7) is 1.13. The van der Waals surface area contributed by atoms with E-state index in [1.54, 1.807) is 11.8 Å². The van der Waals surface area contributed by atoms with Crippen LogP contribution in [0.5, 0.6) is 0 Å². The maximum Gasteiger partial charge on any atom is 0.0340 e. The first-order valence-corrected chi connectivity index (χ1v) is 6.49. The van der Waals surface area contributed by atoms with Gasteiger partial charge in [-0.2, -0.15) is 0 Å². The van der Waals surface area contributed by atoms with Gasteiger partial charge >= 0.3 is 0 Å². The predicted molar refractivity (Wildman–Crippen MR) is 64.1 cm³/mol. The molecule has 0 spiro atoms. The predicted octanol–water partition coefficient (Wildman–Crippen LogP) is 3.62.